The Morgan fingerprint density at radius 3 is 0.836 bits per heavy atom. The van der Waals surface area contributed by atoms with Crippen LogP contribution in [0.4, 0.5) is 0 Å². The average molecular weight is 696 g/mol. The average Bonchev–Trinajstić information content (AvgIpc) is 3.59. The molecule has 0 radical (unpaired) electrons. The molecule has 0 unspecified atom stereocenters. The highest BCUT2D eigenvalue weighted by Gasteiger charge is 2.17. The van der Waals surface area contributed by atoms with Crippen molar-refractivity contribution in [2.24, 2.45) is 0 Å². The molecular formula is C54H33N. The number of aromatic nitrogens is 1. The van der Waals surface area contributed by atoms with E-state index in [2.05, 4.69) is 205 Å². The molecule has 0 saturated heterocycles. The Morgan fingerprint density at radius 2 is 0.473 bits per heavy atom. The van der Waals surface area contributed by atoms with E-state index in [1.807, 2.05) is 0 Å². The fourth-order valence-electron chi connectivity index (χ4n) is 9.41. The SMILES string of the molecule is c1ccc(-n2c3ccc(-c4ccc5c6ccccc6c6ccccc6c5c4)cc3c3cc(-c4ccc5c6ccccc6c6ccccc6c5c4)ccc32)cc1. The number of benzene rings is 11. The van der Waals surface area contributed by atoms with Crippen LogP contribution < -0.4 is 0 Å². The maximum absolute atomic E-state index is 2.41. The second-order valence-corrected chi connectivity index (χ2v) is 14.8. The van der Waals surface area contributed by atoms with Gasteiger partial charge in [0.25, 0.3) is 0 Å². The zero-order valence-corrected chi connectivity index (χ0v) is 30.0. The van der Waals surface area contributed by atoms with Gasteiger partial charge in [0.05, 0.1) is 11.0 Å². The molecular weight excluding hydrogens is 663 g/mol. The third-order valence-corrected chi connectivity index (χ3v) is 11.9. The number of para-hydroxylation sites is 1. The van der Waals surface area contributed by atoms with Gasteiger partial charge in [-0.1, -0.05) is 152 Å². The van der Waals surface area contributed by atoms with Crippen molar-refractivity contribution >= 4 is 86.4 Å². The minimum atomic E-state index is 1.16. The van der Waals surface area contributed by atoms with E-state index in [0.717, 1.165) is 5.69 Å². The summed E-state index contributed by atoms with van der Waals surface area (Å²) in [5.74, 6) is 0. The summed E-state index contributed by atoms with van der Waals surface area (Å²) >= 11 is 0. The summed E-state index contributed by atoms with van der Waals surface area (Å²) in [6, 6.07) is 74.1. The fourth-order valence-corrected chi connectivity index (χ4v) is 9.41. The summed E-state index contributed by atoms with van der Waals surface area (Å²) in [4.78, 5) is 0. The van der Waals surface area contributed by atoms with Crippen molar-refractivity contribution in [2.45, 2.75) is 0 Å². The van der Waals surface area contributed by atoms with E-state index < -0.39 is 0 Å². The van der Waals surface area contributed by atoms with E-state index in [4.69, 9.17) is 0 Å². The number of hydrogen-bond donors (Lipinski definition) is 0. The molecule has 0 fully saturated rings. The molecule has 0 spiro atoms. The number of nitrogens with zero attached hydrogens (tertiary/aromatic N) is 1. The van der Waals surface area contributed by atoms with E-state index in [9.17, 15) is 0 Å². The molecule has 12 aromatic rings. The van der Waals surface area contributed by atoms with Gasteiger partial charge >= 0.3 is 0 Å². The summed E-state index contributed by atoms with van der Waals surface area (Å²) < 4.78 is 2.41. The highest BCUT2D eigenvalue weighted by Crippen LogP contribution is 2.42. The lowest BCUT2D eigenvalue weighted by molar-refractivity contribution is 1.18. The molecule has 11 aromatic carbocycles. The zero-order chi connectivity index (χ0) is 36.0. The molecule has 0 saturated carbocycles. The number of rotatable bonds is 3. The van der Waals surface area contributed by atoms with Crippen LogP contribution in [0.15, 0.2) is 200 Å². The van der Waals surface area contributed by atoms with Crippen molar-refractivity contribution in [1.29, 1.82) is 0 Å². The number of fused-ring (bicyclic) bond motifs is 15. The van der Waals surface area contributed by atoms with Crippen LogP contribution in [0.5, 0.6) is 0 Å². The van der Waals surface area contributed by atoms with Crippen LogP contribution in [0, 0.1) is 0 Å². The molecule has 1 heterocycles. The molecule has 55 heavy (non-hydrogen) atoms. The van der Waals surface area contributed by atoms with Crippen molar-refractivity contribution in [3.63, 3.8) is 0 Å². The van der Waals surface area contributed by atoms with Crippen LogP contribution >= 0.6 is 0 Å². The summed E-state index contributed by atoms with van der Waals surface area (Å²) in [5.41, 5.74) is 8.45. The van der Waals surface area contributed by atoms with Gasteiger partial charge in [-0.15, -0.1) is 0 Å². The van der Waals surface area contributed by atoms with Gasteiger partial charge in [0.1, 0.15) is 0 Å². The standard InChI is InChI=1S/C54H33N/c1-2-12-38(13-3-1)55-53-28-24-36(34-22-26-47-43-18-6-4-14-39(43)41-16-8-10-20-45(41)49(47)30-34)32-51(53)52-33-37(25-29-54(52)55)35-23-27-48-44-19-7-5-15-40(44)42-17-9-11-21-46(42)50(48)31-35/h1-33H. The lowest BCUT2D eigenvalue weighted by Gasteiger charge is -2.12. The molecule has 254 valence electrons. The van der Waals surface area contributed by atoms with Crippen LogP contribution in [0.1, 0.15) is 0 Å². The maximum Gasteiger partial charge on any atom is 0.0541 e. The van der Waals surface area contributed by atoms with Crippen LogP contribution in [-0.2, 0) is 0 Å². The maximum atomic E-state index is 2.41. The topological polar surface area (TPSA) is 4.93 Å². The third kappa shape index (κ3) is 4.48. The fraction of sp³-hybridized carbons (Fsp3) is 0. The molecule has 0 aliphatic carbocycles. The number of hydrogen-bond acceptors (Lipinski definition) is 0. The lowest BCUT2D eigenvalue weighted by atomic mass is 9.91. The first-order chi connectivity index (χ1) is 27.3. The van der Waals surface area contributed by atoms with Gasteiger partial charge < -0.3 is 4.57 Å². The second kappa shape index (κ2) is 11.6. The van der Waals surface area contributed by atoms with Gasteiger partial charge in [-0.3, -0.25) is 0 Å². The Kier molecular flexibility index (Phi) is 6.40. The lowest BCUT2D eigenvalue weighted by Crippen LogP contribution is -1.93. The Balaban J connectivity index is 1.09. The van der Waals surface area contributed by atoms with Gasteiger partial charge in [-0.05, 0) is 135 Å². The highest BCUT2D eigenvalue weighted by molar-refractivity contribution is 6.27. The van der Waals surface area contributed by atoms with E-state index in [1.165, 1.54) is 109 Å². The highest BCUT2D eigenvalue weighted by atomic mass is 15.0. The van der Waals surface area contributed by atoms with Crippen molar-refractivity contribution < 1.29 is 0 Å². The molecule has 1 nitrogen and oxygen atoms in total. The summed E-state index contributed by atoms with van der Waals surface area (Å²) in [5, 5.41) is 18.0. The van der Waals surface area contributed by atoms with Crippen molar-refractivity contribution in [3.05, 3.63) is 200 Å². The van der Waals surface area contributed by atoms with E-state index in [-0.39, 0.29) is 0 Å². The van der Waals surface area contributed by atoms with E-state index >= 15 is 0 Å². The summed E-state index contributed by atoms with van der Waals surface area (Å²) in [7, 11) is 0. The smallest absolute Gasteiger partial charge is 0.0541 e. The van der Waals surface area contributed by atoms with Gasteiger partial charge in [-0.2, -0.15) is 0 Å². The van der Waals surface area contributed by atoms with Gasteiger partial charge in [0.15, 0.2) is 0 Å². The zero-order valence-electron chi connectivity index (χ0n) is 30.0. The van der Waals surface area contributed by atoms with Crippen LogP contribution in [-0.4, -0.2) is 4.57 Å². The van der Waals surface area contributed by atoms with Crippen LogP contribution in [0.3, 0.4) is 0 Å². The second-order valence-electron chi connectivity index (χ2n) is 14.8. The van der Waals surface area contributed by atoms with Crippen molar-refractivity contribution in [1.82, 2.24) is 4.57 Å². The Hall–Kier alpha value is -7.22. The first-order valence-electron chi connectivity index (χ1n) is 19.1. The first-order valence-corrected chi connectivity index (χ1v) is 19.1. The minimum Gasteiger partial charge on any atom is -0.309 e. The molecule has 0 bridgehead atoms. The third-order valence-electron chi connectivity index (χ3n) is 11.9. The Morgan fingerprint density at radius 1 is 0.200 bits per heavy atom. The molecule has 0 atom stereocenters. The molecule has 1 heteroatoms. The molecule has 1 aromatic heterocycles. The largest absolute Gasteiger partial charge is 0.309 e. The molecule has 12 rings (SSSR count). The molecule has 0 N–H and O–H groups in total. The Bertz CT molecular complexity index is 3250. The molecule has 0 amide bonds. The predicted octanol–water partition coefficient (Wildman–Crippen LogP) is 15.0. The monoisotopic (exact) mass is 695 g/mol. The Labute approximate surface area is 317 Å². The van der Waals surface area contributed by atoms with Gasteiger partial charge in [0.2, 0.25) is 0 Å². The quantitative estimate of drug-likeness (QED) is 0.162. The predicted molar refractivity (Wildman–Crippen MR) is 237 cm³/mol. The van der Waals surface area contributed by atoms with E-state index in [1.54, 1.807) is 0 Å². The summed E-state index contributed by atoms with van der Waals surface area (Å²) in [6.07, 6.45) is 0. The summed E-state index contributed by atoms with van der Waals surface area (Å²) in [6.45, 7) is 0. The van der Waals surface area contributed by atoms with Crippen molar-refractivity contribution in [3.8, 4) is 27.9 Å². The molecule has 0 aliphatic rings. The van der Waals surface area contributed by atoms with E-state index in [0.29, 0.717) is 0 Å². The van der Waals surface area contributed by atoms with Gasteiger partial charge in [-0.25, -0.2) is 0 Å². The normalized spacial score (nSPS) is 12.0. The van der Waals surface area contributed by atoms with Gasteiger partial charge in [0, 0.05) is 16.5 Å². The minimum absolute atomic E-state index is 1.16. The first kappa shape index (κ1) is 30.3. The van der Waals surface area contributed by atoms with Crippen LogP contribution in [0.25, 0.3) is 114 Å². The molecule has 0 aliphatic heterocycles. The van der Waals surface area contributed by atoms with Crippen molar-refractivity contribution in [2.75, 3.05) is 0 Å². The van der Waals surface area contributed by atoms with Crippen LogP contribution in [0.2, 0.25) is 0 Å².